The summed E-state index contributed by atoms with van der Waals surface area (Å²) in [5.74, 6) is -2.10. The second-order valence-corrected chi connectivity index (χ2v) is 6.50. The smallest absolute Gasteiger partial charge is 0.357 e. The number of carboxylic acid groups (broad SMARTS) is 1. The Balaban J connectivity index is 2.59. The Hall–Kier alpha value is -3.48. The molecule has 0 atom stereocenters. The minimum Gasteiger partial charge on any atom is -0.478 e. The van der Waals surface area contributed by atoms with Crippen LogP contribution >= 0.6 is 0 Å². The lowest BCUT2D eigenvalue weighted by Gasteiger charge is -2.13. The first-order chi connectivity index (χ1) is 13.3. The minimum absolute atomic E-state index is 0.0126. The van der Waals surface area contributed by atoms with E-state index < -0.39 is 17.8 Å². The van der Waals surface area contributed by atoms with Gasteiger partial charge in [-0.3, -0.25) is 4.79 Å². The second kappa shape index (κ2) is 8.94. The number of aromatic nitrogens is 1. The zero-order valence-electron chi connectivity index (χ0n) is 16.0. The number of methoxy groups -OCH3 is 1. The Kier molecular flexibility index (Phi) is 6.65. The number of carbonyl (C=O) groups excluding carboxylic acids is 2. The summed E-state index contributed by atoms with van der Waals surface area (Å²) in [6.45, 7) is 8.00. The molecule has 7 heteroatoms. The zero-order valence-corrected chi connectivity index (χ0v) is 16.0. The fraction of sp³-hybridized carbons (Fsp3) is 0.238. The molecule has 2 N–H and O–H groups in total. The van der Waals surface area contributed by atoms with E-state index in [0.29, 0.717) is 17.7 Å². The number of aromatic carboxylic acids is 1. The lowest BCUT2D eigenvalue weighted by molar-refractivity contribution is 0.0593. The van der Waals surface area contributed by atoms with Crippen LogP contribution in [0.15, 0.2) is 36.9 Å². The highest BCUT2D eigenvalue weighted by molar-refractivity contribution is 6.03. The Morgan fingerprint density at radius 3 is 2.46 bits per heavy atom. The normalized spacial score (nSPS) is 10.4. The predicted molar refractivity (Wildman–Crippen MR) is 105 cm³/mol. The lowest BCUT2D eigenvalue weighted by atomic mass is 9.95. The van der Waals surface area contributed by atoms with Crippen LogP contribution in [0.3, 0.4) is 0 Å². The van der Waals surface area contributed by atoms with Gasteiger partial charge in [0.25, 0.3) is 5.91 Å². The first-order valence-electron chi connectivity index (χ1n) is 8.66. The van der Waals surface area contributed by atoms with E-state index in [0.717, 1.165) is 0 Å². The van der Waals surface area contributed by atoms with Gasteiger partial charge in [-0.1, -0.05) is 38.6 Å². The van der Waals surface area contributed by atoms with Crippen LogP contribution in [0.2, 0.25) is 0 Å². The highest BCUT2D eigenvalue weighted by atomic mass is 16.5. The number of hydrogen-bond acceptors (Lipinski definition) is 5. The van der Waals surface area contributed by atoms with Crippen LogP contribution < -0.4 is 5.32 Å². The highest BCUT2D eigenvalue weighted by Gasteiger charge is 2.22. The number of carboxylic acids is 1. The molecule has 0 aliphatic heterocycles. The summed E-state index contributed by atoms with van der Waals surface area (Å²) < 4.78 is 4.78. The fourth-order valence-corrected chi connectivity index (χ4v) is 2.54. The summed E-state index contributed by atoms with van der Waals surface area (Å²) in [5, 5.41) is 12.3. The summed E-state index contributed by atoms with van der Waals surface area (Å²) in [4.78, 5) is 40.4. The Morgan fingerprint density at radius 1 is 1.21 bits per heavy atom. The van der Waals surface area contributed by atoms with Crippen LogP contribution in [-0.2, 0) is 4.74 Å². The number of esters is 1. The van der Waals surface area contributed by atoms with Crippen molar-refractivity contribution in [2.24, 2.45) is 5.92 Å². The van der Waals surface area contributed by atoms with Gasteiger partial charge in [-0.15, -0.1) is 0 Å². The Labute approximate surface area is 163 Å². The van der Waals surface area contributed by atoms with Gasteiger partial charge in [-0.2, -0.15) is 0 Å². The van der Waals surface area contributed by atoms with Gasteiger partial charge < -0.3 is 15.2 Å². The van der Waals surface area contributed by atoms with Crippen LogP contribution in [0.1, 0.15) is 50.7 Å². The Bertz CT molecular complexity index is 934. The largest absolute Gasteiger partial charge is 0.478 e. The molecule has 0 bridgehead atoms. The van der Waals surface area contributed by atoms with Crippen molar-refractivity contribution in [2.45, 2.75) is 13.8 Å². The average Bonchev–Trinajstić information content (AvgIpc) is 2.70. The molecule has 2 rings (SSSR count). The van der Waals surface area contributed by atoms with Crippen LogP contribution in [0.5, 0.6) is 0 Å². The molecule has 7 nitrogen and oxygen atoms in total. The second-order valence-electron chi connectivity index (χ2n) is 6.50. The number of pyridine rings is 1. The van der Waals surface area contributed by atoms with Gasteiger partial charge in [0.2, 0.25) is 0 Å². The monoisotopic (exact) mass is 382 g/mol. The highest BCUT2D eigenvalue weighted by Crippen LogP contribution is 2.28. The maximum atomic E-state index is 12.3. The van der Waals surface area contributed by atoms with E-state index in [1.165, 1.54) is 31.4 Å². The molecule has 28 heavy (non-hydrogen) atoms. The fourth-order valence-electron chi connectivity index (χ4n) is 2.54. The maximum Gasteiger partial charge on any atom is 0.357 e. The van der Waals surface area contributed by atoms with E-state index in [2.05, 4.69) is 16.9 Å². The van der Waals surface area contributed by atoms with Crippen molar-refractivity contribution in [1.82, 2.24) is 10.3 Å². The van der Waals surface area contributed by atoms with E-state index in [4.69, 9.17) is 4.74 Å². The lowest BCUT2D eigenvalue weighted by Crippen LogP contribution is -2.28. The van der Waals surface area contributed by atoms with E-state index in [1.807, 2.05) is 13.8 Å². The van der Waals surface area contributed by atoms with Crippen molar-refractivity contribution in [2.75, 3.05) is 13.7 Å². The molecule has 0 unspecified atom stereocenters. The van der Waals surface area contributed by atoms with Crippen LogP contribution in [0.4, 0.5) is 0 Å². The molecule has 0 fully saturated rings. The summed E-state index contributed by atoms with van der Waals surface area (Å²) >= 11 is 0. The van der Waals surface area contributed by atoms with Gasteiger partial charge >= 0.3 is 11.9 Å². The molecule has 2 aromatic rings. The Morgan fingerprint density at radius 2 is 1.89 bits per heavy atom. The molecule has 1 heterocycles. The molecular weight excluding hydrogens is 360 g/mol. The maximum absolute atomic E-state index is 12.3. The molecule has 0 aliphatic rings. The van der Waals surface area contributed by atoms with E-state index >= 15 is 0 Å². The van der Waals surface area contributed by atoms with E-state index in [9.17, 15) is 19.5 Å². The first-order valence-corrected chi connectivity index (χ1v) is 8.66. The van der Waals surface area contributed by atoms with Gasteiger partial charge in [0.15, 0.2) is 5.69 Å². The van der Waals surface area contributed by atoms with E-state index in [-0.39, 0.29) is 28.4 Å². The summed E-state index contributed by atoms with van der Waals surface area (Å²) in [6, 6.07) is 7.65. The first kappa shape index (κ1) is 20.8. The number of rotatable bonds is 7. The quantitative estimate of drug-likeness (QED) is 0.712. The third-order valence-corrected chi connectivity index (χ3v) is 3.98. The number of carbonyl (C=O) groups is 3. The molecule has 1 amide bonds. The van der Waals surface area contributed by atoms with E-state index in [1.54, 1.807) is 12.1 Å². The molecule has 1 aromatic heterocycles. The molecule has 146 valence electrons. The van der Waals surface area contributed by atoms with Gasteiger partial charge in [-0.25, -0.2) is 14.6 Å². The molecule has 0 radical (unpaired) electrons. The topological polar surface area (TPSA) is 106 Å². The molecular formula is C21H22N2O5. The number of benzene rings is 1. The van der Waals surface area contributed by atoms with Crippen LogP contribution in [0, 0.1) is 5.92 Å². The van der Waals surface area contributed by atoms with Crippen molar-refractivity contribution in [3.63, 3.8) is 0 Å². The van der Waals surface area contributed by atoms with Gasteiger partial charge in [0, 0.05) is 12.1 Å². The van der Waals surface area contributed by atoms with Crippen molar-refractivity contribution in [3.8, 4) is 11.1 Å². The van der Waals surface area contributed by atoms with Gasteiger partial charge in [0.05, 0.1) is 12.7 Å². The number of ether oxygens (including phenoxy) is 1. The number of amides is 1. The minimum atomic E-state index is -1.16. The van der Waals surface area contributed by atoms with Crippen molar-refractivity contribution >= 4 is 23.9 Å². The van der Waals surface area contributed by atoms with Crippen molar-refractivity contribution < 1.29 is 24.2 Å². The zero-order chi connectivity index (χ0) is 20.8. The third-order valence-electron chi connectivity index (χ3n) is 3.98. The molecule has 1 aromatic carbocycles. The molecule has 0 spiro atoms. The molecule has 0 saturated heterocycles. The van der Waals surface area contributed by atoms with Crippen LogP contribution in [0.25, 0.3) is 17.2 Å². The van der Waals surface area contributed by atoms with Gasteiger partial charge in [-0.05, 0) is 35.2 Å². The average molecular weight is 382 g/mol. The van der Waals surface area contributed by atoms with Crippen molar-refractivity contribution in [3.05, 3.63) is 59.4 Å². The number of hydrogen-bond donors (Lipinski definition) is 2. The number of nitrogens with one attached hydrogen (secondary N) is 1. The summed E-state index contributed by atoms with van der Waals surface area (Å²) in [5.41, 5.74) is 1.08. The van der Waals surface area contributed by atoms with Crippen LogP contribution in [-0.4, -0.2) is 41.6 Å². The predicted octanol–water partition coefficient (Wildman–Crippen LogP) is 3.26. The van der Waals surface area contributed by atoms with Crippen molar-refractivity contribution in [1.29, 1.82) is 0 Å². The van der Waals surface area contributed by atoms with Gasteiger partial charge in [0.1, 0.15) is 5.69 Å². The summed E-state index contributed by atoms with van der Waals surface area (Å²) in [6.07, 6.45) is 1.53. The SMILES string of the molecule is C=Cc1ccc(-c2ccc(C(=O)NCC(C)C)nc2C(=O)OC)c(C(=O)O)c1. The third kappa shape index (κ3) is 4.62. The molecule has 0 saturated carbocycles. The standard InChI is InChI=1S/C21H22N2O5/c1-5-13-6-7-14(16(10-13)20(25)26)15-8-9-17(19(24)22-11-12(2)3)23-18(15)21(27)28-4/h5-10,12H,1,11H2,2-4H3,(H,22,24)(H,25,26). The summed E-state index contributed by atoms with van der Waals surface area (Å²) in [7, 11) is 1.19. The molecule has 0 aliphatic carbocycles. The number of nitrogens with zero attached hydrogens (tertiary/aromatic N) is 1.